The van der Waals surface area contributed by atoms with Crippen molar-refractivity contribution in [1.82, 2.24) is 10.2 Å². The molecule has 2 rings (SSSR count). The molecule has 1 aliphatic rings. The Kier molecular flexibility index (Phi) is 6.39. The van der Waals surface area contributed by atoms with Gasteiger partial charge in [-0.2, -0.15) is 0 Å². The van der Waals surface area contributed by atoms with Crippen LogP contribution in [0.25, 0.3) is 0 Å². The predicted molar refractivity (Wildman–Crippen MR) is 81.1 cm³/mol. The summed E-state index contributed by atoms with van der Waals surface area (Å²) in [4.78, 5) is 2.19. The maximum Gasteiger partial charge on any atom is 0.141 e. The molecule has 0 radical (unpaired) electrons. The third-order valence-corrected chi connectivity index (χ3v) is 3.97. The molecule has 2 unspecified atom stereocenters. The highest BCUT2D eigenvalue weighted by Crippen LogP contribution is 2.20. The van der Waals surface area contributed by atoms with Gasteiger partial charge in [-0.15, -0.1) is 0 Å². The van der Waals surface area contributed by atoms with Gasteiger partial charge in [0.25, 0.3) is 0 Å². The molecule has 1 fully saturated rings. The average molecular weight is 317 g/mol. The zero-order chi connectivity index (χ0) is 15.2. The van der Waals surface area contributed by atoms with Crippen molar-refractivity contribution in [3.05, 3.63) is 34.6 Å². The van der Waals surface area contributed by atoms with Crippen LogP contribution in [0.1, 0.15) is 18.5 Å². The smallest absolute Gasteiger partial charge is 0.141 e. The predicted octanol–water partition coefficient (Wildman–Crippen LogP) is 1.82. The summed E-state index contributed by atoms with van der Waals surface area (Å²) in [5, 5.41) is 13.4. The number of aliphatic hydroxyl groups excluding tert-OH is 1. The SMILES string of the molecule is CC(NCC(O)CN1CCOCC1)c1ccc(F)c(Cl)c1. The lowest BCUT2D eigenvalue weighted by atomic mass is 10.1. The van der Waals surface area contributed by atoms with Crippen LogP contribution >= 0.6 is 11.6 Å². The van der Waals surface area contributed by atoms with Crippen LogP contribution in [0, 0.1) is 5.82 Å². The summed E-state index contributed by atoms with van der Waals surface area (Å²) in [6.07, 6.45) is -0.443. The summed E-state index contributed by atoms with van der Waals surface area (Å²) in [7, 11) is 0. The fraction of sp³-hybridized carbons (Fsp3) is 0.600. The number of nitrogens with zero attached hydrogens (tertiary/aromatic N) is 1. The number of ether oxygens (including phenoxy) is 1. The monoisotopic (exact) mass is 316 g/mol. The minimum atomic E-state index is -0.443. The Morgan fingerprint density at radius 1 is 1.43 bits per heavy atom. The zero-order valence-electron chi connectivity index (χ0n) is 12.2. The lowest BCUT2D eigenvalue weighted by molar-refractivity contribution is 0.0145. The van der Waals surface area contributed by atoms with Gasteiger partial charge in [-0.1, -0.05) is 17.7 Å². The van der Waals surface area contributed by atoms with Crippen molar-refractivity contribution in [3.8, 4) is 0 Å². The molecule has 1 saturated heterocycles. The number of halogens is 2. The molecule has 6 heteroatoms. The van der Waals surface area contributed by atoms with Gasteiger partial charge in [0.2, 0.25) is 0 Å². The van der Waals surface area contributed by atoms with Gasteiger partial charge >= 0.3 is 0 Å². The van der Waals surface area contributed by atoms with E-state index in [0.29, 0.717) is 13.1 Å². The van der Waals surface area contributed by atoms with E-state index in [0.717, 1.165) is 31.9 Å². The summed E-state index contributed by atoms with van der Waals surface area (Å²) in [6, 6.07) is 4.68. The van der Waals surface area contributed by atoms with Crippen molar-refractivity contribution in [1.29, 1.82) is 0 Å². The van der Waals surface area contributed by atoms with Crippen molar-refractivity contribution >= 4 is 11.6 Å². The van der Waals surface area contributed by atoms with Crippen LogP contribution in [-0.2, 0) is 4.74 Å². The van der Waals surface area contributed by atoms with Crippen LogP contribution < -0.4 is 5.32 Å². The van der Waals surface area contributed by atoms with Crippen LogP contribution in [0.5, 0.6) is 0 Å². The fourth-order valence-corrected chi connectivity index (χ4v) is 2.55. The first-order chi connectivity index (χ1) is 10.1. The fourth-order valence-electron chi connectivity index (χ4n) is 2.36. The average Bonchev–Trinajstić information content (AvgIpc) is 2.48. The summed E-state index contributed by atoms with van der Waals surface area (Å²) in [6.45, 7) is 6.25. The lowest BCUT2D eigenvalue weighted by Crippen LogP contribution is -2.44. The normalized spacial score (nSPS) is 19.4. The minimum absolute atomic E-state index is 0.00226. The van der Waals surface area contributed by atoms with E-state index in [2.05, 4.69) is 10.2 Å². The van der Waals surface area contributed by atoms with E-state index in [4.69, 9.17) is 16.3 Å². The van der Waals surface area contributed by atoms with E-state index in [1.54, 1.807) is 12.1 Å². The first-order valence-corrected chi connectivity index (χ1v) is 7.60. The molecule has 0 bridgehead atoms. The summed E-state index contributed by atoms with van der Waals surface area (Å²) in [5.41, 5.74) is 0.903. The summed E-state index contributed by atoms with van der Waals surface area (Å²) >= 11 is 5.78. The molecule has 2 atom stereocenters. The van der Waals surface area contributed by atoms with Crippen LogP contribution in [0.3, 0.4) is 0 Å². The number of nitrogens with one attached hydrogen (secondary N) is 1. The van der Waals surface area contributed by atoms with Gasteiger partial charge < -0.3 is 15.2 Å². The quantitative estimate of drug-likeness (QED) is 0.840. The molecule has 4 nitrogen and oxygen atoms in total. The molecule has 1 aromatic rings. The Balaban J connectivity index is 1.77. The van der Waals surface area contributed by atoms with Crippen molar-refractivity contribution in [2.45, 2.75) is 19.1 Å². The van der Waals surface area contributed by atoms with Gasteiger partial charge in [0.05, 0.1) is 24.3 Å². The molecule has 2 N–H and O–H groups in total. The zero-order valence-corrected chi connectivity index (χ0v) is 12.9. The highest BCUT2D eigenvalue weighted by atomic mass is 35.5. The third kappa shape index (κ3) is 5.20. The molecule has 1 heterocycles. The maximum atomic E-state index is 13.1. The number of aliphatic hydroxyl groups is 1. The first kappa shape index (κ1) is 16.6. The molecule has 118 valence electrons. The van der Waals surface area contributed by atoms with E-state index in [9.17, 15) is 9.50 Å². The second-order valence-corrected chi connectivity index (χ2v) is 5.78. The van der Waals surface area contributed by atoms with Crippen LogP contribution in [-0.4, -0.2) is 55.5 Å². The summed E-state index contributed by atoms with van der Waals surface area (Å²) in [5.74, 6) is -0.417. The number of rotatable bonds is 6. The van der Waals surface area contributed by atoms with E-state index < -0.39 is 11.9 Å². The van der Waals surface area contributed by atoms with Gasteiger partial charge in [0.1, 0.15) is 5.82 Å². The molecule has 0 amide bonds. The van der Waals surface area contributed by atoms with Crippen LogP contribution in [0.2, 0.25) is 5.02 Å². The Morgan fingerprint density at radius 2 is 2.14 bits per heavy atom. The van der Waals surface area contributed by atoms with E-state index in [1.165, 1.54) is 6.07 Å². The van der Waals surface area contributed by atoms with Crippen LogP contribution in [0.4, 0.5) is 4.39 Å². The molecular formula is C15H22ClFN2O2. The number of benzene rings is 1. The number of morpholine rings is 1. The van der Waals surface area contributed by atoms with Crippen molar-refractivity contribution < 1.29 is 14.2 Å². The molecule has 0 saturated carbocycles. The Hall–Kier alpha value is -0.720. The molecular weight excluding hydrogens is 295 g/mol. The maximum absolute atomic E-state index is 13.1. The largest absolute Gasteiger partial charge is 0.390 e. The molecule has 0 spiro atoms. The summed E-state index contributed by atoms with van der Waals surface area (Å²) < 4.78 is 18.4. The van der Waals surface area contributed by atoms with Gasteiger partial charge in [-0.25, -0.2) is 4.39 Å². The Morgan fingerprint density at radius 3 is 2.81 bits per heavy atom. The Bertz CT molecular complexity index is 455. The molecule has 1 aromatic carbocycles. The standard InChI is InChI=1S/C15H22ClFN2O2/c1-11(12-2-3-15(17)14(16)8-12)18-9-13(20)10-19-4-6-21-7-5-19/h2-3,8,11,13,18,20H,4-7,9-10H2,1H3. The lowest BCUT2D eigenvalue weighted by Gasteiger charge is -2.29. The van der Waals surface area contributed by atoms with E-state index >= 15 is 0 Å². The Labute approximate surface area is 129 Å². The van der Waals surface area contributed by atoms with Crippen LogP contribution in [0.15, 0.2) is 18.2 Å². The molecule has 1 aliphatic heterocycles. The van der Waals surface area contributed by atoms with E-state index in [-0.39, 0.29) is 11.1 Å². The number of hydrogen-bond donors (Lipinski definition) is 2. The number of β-amino-alcohol motifs (C(OH)–C–C–N with tert-alkyl or cyclic N) is 1. The highest BCUT2D eigenvalue weighted by Gasteiger charge is 2.16. The third-order valence-electron chi connectivity index (χ3n) is 3.68. The van der Waals surface area contributed by atoms with Gasteiger partial charge in [-0.3, -0.25) is 4.90 Å². The van der Waals surface area contributed by atoms with Crippen molar-refractivity contribution in [3.63, 3.8) is 0 Å². The molecule has 0 aliphatic carbocycles. The molecule has 21 heavy (non-hydrogen) atoms. The highest BCUT2D eigenvalue weighted by molar-refractivity contribution is 6.30. The molecule has 0 aromatic heterocycles. The van der Waals surface area contributed by atoms with Gasteiger partial charge in [0.15, 0.2) is 0 Å². The minimum Gasteiger partial charge on any atom is -0.390 e. The van der Waals surface area contributed by atoms with Gasteiger partial charge in [-0.05, 0) is 24.6 Å². The topological polar surface area (TPSA) is 44.7 Å². The number of hydrogen-bond acceptors (Lipinski definition) is 4. The first-order valence-electron chi connectivity index (χ1n) is 7.22. The van der Waals surface area contributed by atoms with Crippen molar-refractivity contribution in [2.24, 2.45) is 0 Å². The van der Waals surface area contributed by atoms with Crippen molar-refractivity contribution in [2.75, 3.05) is 39.4 Å². The van der Waals surface area contributed by atoms with E-state index in [1.807, 2.05) is 6.92 Å². The second kappa shape index (κ2) is 8.06. The second-order valence-electron chi connectivity index (χ2n) is 5.37. The van der Waals surface area contributed by atoms with Gasteiger partial charge in [0, 0.05) is 32.2 Å².